The summed E-state index contributed by atoms with van der Waals surface area (Å²) in [5, 5.41) is 11.7. The Kier molecular flexibility index (Phi) is 9.64. The van der Waals surface area contributed by atoms with E-state index in [4.69, 9.17) is 25.8 Å². The Morgan fingerprint density at radius 3 is 2.50 bits per heavy atom. The van der Waals surface area contributed by atoms with Crippen molar-refractivity contribution in [2.75, 3.05) is 13.7 Å². The van der Waals surface area contributed by atoms with E-state index in [2.05, 4.69) is 11.1 Å². The second-order valence-electron chi connectivity index (χ2n) is 13.7. The van der Waals surface area contributed by atoms with Crippen LogP contribution in [0.15, 0.2) is 30.5 Å². The molecule has 3 aliphatic rings. The summed E-state index contributed by atoms with van der Waals surface area (Å²) in [7, 11) is 1.59. The van der Waals surface area contributed by atoms with Gasteiger partial charge in [0.15, 0.2) is 0 Å². The van der Waals surface area contributed by atoms with Crippen LogP contribution in [0.3, 0.4) is 0 Å². The fourth-order valence-corrected chi connectivity index (χ4v) is 7.99. The topological polar surface area (TPSA) is 98.2 Å². The summed E-state index contributed by atoms with van der Waals surface area (Å²) in [6.07, 6.45) is 6.48. The summed E-state index contributed by atoms with van der Waals surface area (Å²) in [6.45, 7) is 10.5. The molecular formula is C35H47ClN2O6. The molecule has 1 N–H and O–H groups in total. The summed E-state index contributed by atoms with van der Waals surface area (Å²) in [5.41, 5.74) is 1.45. The highest BCUT2D eigenvalue weighted by Gasteiger charge is 2.68. The number of ether oxygens (including phenoxy) is 3. The highest BCUT2D eigenvalue weighted by atomic mass is 35.5. The number of benzene rings is 1. The van der Waals surface area contributed by atoms with E-state index >= 15 is 0 Å². The summed E-state index contributed by atoms with van der Waals surface area (Å²) in [5.74, 6) is -0.943. The van der Waals surface area contributed by atoms with E-state index in [0.29, 0.717) is 29.8 Å². The van der Waals surface area contributed by atoms with Crippen molar-refractivity contribution in [1.82, 2.24) is 9.88 Å². The number of rotatable bonds is 9. The first-order chi connectivity index (χ1) is 20.9. The minimum atomic E-state index is -1.55. The van der Waals surface area contributed by atoms with E-state index in [1.807, 2.05) is 59.0 Å². The van der Waals surface area contributed by atoms with Gasteiger partial charge in [0.1, 0.15) is 11.6 Å². The monoisotopic (exact) mass is 626 g/mol. The van der Waals surface area contributed by atoms with Gasteiger partial charge in [0.05, 0.1) is 25.9 Å². The molecule has 1 unspecified atom stereocenters. The predicted molar refractivity (Wildman–Crippen MR) is 169 cm³/mol. The van der Waals surface area contributed by atoms with E-state index in [-0.39, 0.29) is 18.9 Å². The number of methoxy groups -OCH3 is 1. The lowest BCUT2D eigenvalue weighted by atomic mass is 9.66. The molecule has 2 aromatic rings. The summed E-state index contributed by atoms with van der Waals surface area (Å²) < 4.78 is 18.6. The molecule has 1 aromatic heterocycles. The first-order valence-corrected chi connectivity index (χ1v) is 16.4. The van der Waals surface area contributed by atoms with Gasteiger partial charge in [-0.1, -0.05) is 57.8 Å². The fraction of sp³-hybridized carbons (Fsp3) is 0.629. The summed E-state index contributed by atoms with van der Waals surface area (Å²) in [4.78, 5) is 34.5. The number of carboxylic acid groups (broad SMARTS) is 1. The number of aromatic nitrogens is 1. The molecule has 3 fully saturated rings. The van der Waals surface area contributed by atoms with Crippen molar-refractivity contribution in [3.05, 3.63) is 57.7 Å². The molecule has 3 heterocycles. The number of carbonyl (C=O) groups excluding carboxylic acids is 1. The molecule has 1 saturated carbocycles. The van der Waals surface area contributed by atoms with Gasteiger partial charge >= 0.3 is 5.97 Å². The van der Waals surface area contributed by atoms with Crippen LogP contribution in [0.5, 0.6) is 5.88 Å². The molecule has 9 heteroatoms. The molecule has 5 rings (SSSR count). The molecule has 8 nitrogen and oxygen atoms in total. The number of carbonyl (C=O) groups is 2. The molecule has 1 aliphatic carbocycles. The van der Waals surface area contributed by atoms with Gasteiger partial charge in [-0.25, -0.2) is 9.78 Å². The minimum Gasteiger partial charge on any atom is -0.481 e. The van der Waals surface area contributed by atoms with Crippen LogP contribution in [0.1, 0.15) is 107 Å². The number of hydrogen-bond acceptors (Lipinski definition) is 6. The fourth-order valence-electron chi connectivity index (χ4n) is 7.81. The Morgan fingerprint density at radius 1 is 1.18 bits per heavy atom. The maximum atomic E-state index is 14.6. The smallest absolute Gasteiger partial charge is 0.330 e. The molecule has 1 amide bonds. The molecule has 2 aliphatic heterocycles. The van der Waals surface area contributed by atoms with Crippen molar-refractivity contribution in [1.29, 1.82) is 0 Å². The normalized spacial score (nSPS) is 27.7. The molecule has 1 aromatic carbocycles. The number of pyridine rings is 1. The number of amides is 1. The number of hydrogen-bond donors (Lipinski definition) is 1. The Bertz CT molecular complexity index is 1370. The van der Waals surface area contributed by atoms with Gasteiger partial charge in [-0.2, -0.15) is 0 Å². The van der Waals surface area contributed by atoms with Crippen LogP contribution in [-0.4, -0.2) is 58.3 Å². The number of halogens is 1. The van der Waals surface area contributed by atoms with E-state index in [0.717, 1.165) is 47.9 Å². The van der Waals surface area contributed by atoms with E-state index in [1.165, 1.54) is 6.42 Å². The van der Waals surface area contributed by atoms with Crippen LogP contribution in [0.25, 0.3) is 0 Å². The zero-order chi connectivity index (χ0) is 31.8. The SMILES string of the molecule is CC[C@@]1(C(=O)O)[C@@H](C(C)(C)C)[C@H](OCc2cc(C3CCC3)cnc2OC)[C@H](c2cccc(Cl)c2C)N1C(=O)C1CCCCO1. The molecular weight excluding hydrogens is 580 g/mol. The molecule has 44 heavy (non-hydrogen) atoms. The van der Waals surface area contributed by atoms with Crippen molar-refractivity contribution in [2.24, 2.45) is 11.3 Å². The number of nitrogens with zero attached hydrogens (tertiary/aromatic N) is 2. The van der Waals surface area contributed by atoms with Crippen LogP contribution in [-0.2, 0) is 25.7 Å². The lowest BCUT2D eigenvalue weighted by Gasteiger charge is -2.45. The Labute approximate surface area is 266 Å². The lowest BCUT2D eigenvalue weighted by molar-refractivity contribution is -0.170. The van der Waals surface area contributed by atoms with Gasteiger partial charge in [-0.15, -0.1) is 0 Å². The van der Waals surface area contributed by atoms with E-state index in [1.54, 1.807) is 12.0 Å². The molecule has 0 radical (unpaired) electrons. The zero-order valence-corrected chi connectivity index (χ0v) is 27.7. The molecule has 0 spiro atoms. The highest BCUT2D eigenvalue weighted by molar-refractivity contribution is 6.31. The number of likely N-dealkylation sites (tertiary alicyclic amines) is 1. The van der Waals surface area contributed by atoms with Gasteiger partial charge in [0.25, 0.3) is 5.91 Å². The summed E-state index contributed by atoms with van der Waals surface area (Å²) in [6, 6.07) is 7.02. The standard InChI is InChI=1S/C35H47ClN2O6/c1-7-35(33(40)41)30(34(3,4)5)29(44-20-24-18-23(22-12-10-13-22)19-37-31(24)42-6)28(25-14-11-15-26(36)21(25)2)38(35)32(39)27-16-8-9-17-43-27/h11,14-15,18-19,22,27-30H,7-10,12-13,16-17,20H2,1-6H3,(H,40,41)/t27?,28-,29+,30+,35-/m0/s1. The molecule has 5 atom stereocenters. The third-order valence-corrected chi connectivity index (χ3v) is 10.6. The molecule has 0 bridgehead atoms. The van der Waals surface area contributed by atoms with Gasteiger partial charge in [0.2, 0.25) is 5.88 Å². The van der Waals surface area contributed by atoms with Crippen LogP contribution in [0.4, 0.5) is 0 Å². The van der Waals surface area contributed by atoms with Crippen LogP contribution in [0.2, 0.25) is 5.02 Å². The van der Waals surface area contributed by atoms with Crippen LogP contribution < -0.4 is 4.74 Å². The number of aliphatic carboxylic acids is 1. The van der Waals surface area contributed by atoms with E-state index in [9.17, 15) is 14.7 Å². The quantitative estimate of drug-likeness (QED) is 0.313. The highest BCUT2D eigenvalue weighted by Crippen LogP contribution is 2.57. The zero-order valence-electron chi connectivity index (χ0n) is 26.9. The van der Waals surface area contributed by atoms with Gasteiger partial charge in [0, 0.05) is 29.3 Å². The van der Waals surface area contributed by atoms with E-state index < -0.39 is 41.1 Å². The Morgan fingerprint density at radius 2 is 1.93 bits per heavy atom. The third kappa shape index (κ3) is 5.74. The van der Waals surface area contributed by atoms with Crippen LogP contribution in [0, 0.1) is 18.3 Å². The second-order valence-corrected chi connectivity index (χ2v) is 14.1. The van der Waals surface area contributed by atoms with Crippen molar-refractivity contribution in [2.45, 2.75) is 116 Å². The van der Waals surface area contributed by atoms with Gasteiger partial charge in [-0.3, -0.25) is 4.79 Å². The number of carboxylic acids is 1. The Balaban J connectivity index is 1.67. The molecule has 2 saturated heterocycles. The van der Waals surface area contributed by atoms with Crippen molar-refractivity contribution in [3.63, 3.8) is 0 Å². The third-order valence-electron chi connectivity index (χ3n) is 10.2. The van der Waals surface area contributed by atoms with Gasteiger partial charge in [-0.05, 0) is 85.6 Å². The Hall–Kier alpha value is -2.68. The average molecular weight is 627 g/mol. The first kappa shape index (κ1) is 32.7. The van der Waals surface area contributed by atoms with Crippen molar-refractivity contribution in [3.8, 4) is 5.88 Å². The van der Waals surface area contributed by atoms with Crippen molar-refractivity contribution >= 4 is 23.5 Å². The van der Waals surface area contributed by atoms with Crippen LogP contribution >= 0.6 is 11.6 Å². The maximum absolute atomic E-state index is 14.6. The predicted octanol–water partition coefficient (Wildman–Crippen LogP) is 7.25. The lowest BCUT2D eigenvalue weighted by Crippen LogP contribution is -2.61. The van der Waals surface area contributed by atoms with Gasteiger partial charge < -0.3 is 24.2 Å². The average Bonchev–Trinajstić information content (AvgIpc) is 3.28. The first-order valence-electron chi connectivity index (χ1n) is 16.0. The second kappa shape index (κ2) is 13.0. The minimum absolute atomic E-state index is 0.158. The maximum Gasteiger partial charge on any atom is 0.330 e. The largest absolute Gasteiger partial charge is 0.481 e. The molecule has 240 valence electrons. The summed E-state index contributed by atoms with van der Waals surface area (Å²) >= 11 is 6.68. The van der Waals surface area contributed by atoms with Crippen molar-refractivity contribution < 1.29 is 28.9 Å².